The number of nitriles is 1. The lowest BCUT2D eigenvalue weighted by Gasteiger charge is -2.10. The van der Waals surface area contributed by atoms with E-state index in [4.69, 9.17) is 21.6 Å². The highest BCUT2D eigenvalue weighted by Crippen LogP contribution is 2.29. The van der Waals surface area contributed by atoms with Crippen LogP contribution in [0.5, 0.6) is 5.75 Å². The summed E-state index contributed by atoms with van der Waals surface area (Å²) in [5.74, 6) is 0.720. The third-order valence-electron chi connectivity index (χ3n) is 2.49. The van der Waals surface area contributed by atoms with Gasteiger partial charge in [0, 0.05) is 21.2 Å². The topological polar surface area (TPSA) is 45.0 Å². The zero-order valence-electron chi connectivity index (χ0n) is 10.1. The van der Waals surface area contributed by atoms with Gasteiger partial charge in [0.15, 0.2) is 0 Å². The average molecular weight is 338 g/mol. The summed E-state index contributed by atoms with van der Waals surface area (Å²) in [4.78, 5) is 0. The molecule has 96 valence electrons. The van der Waals surface area contributed by atoms with Crippen molar-refractivity contribution in [2.24, 2.45) is 0 Å². The van der Waals surface area contributed by atoms with Crippen LogP contribution in [0.3, 0.4) is 0 Å². The van der Waals surface area contributed by atoms with E-state index in [2.05, 4.69) is 27.3 Å². The van der Waals surface area contributed by atoms with Crippen molar-refractivity contribution in [2.75, 3.05) is 12.4 Å². The first-order chi connectivity index (χ1) is 9.12. The van der Waals surface area contributed by atoms with Crippen LogP contribution in [0.15, 0.2) is 40.9 Å². The molecule has 0 aromatic heterocycles. The molecule has 0 heterocycles. The van der Waals surface area contributed by atoms with Crippen LogP contribution < -0.4 is 10.1 Å². The fourth-order valence-corrected chi connectivity index (χ4v) is 2.27. The van der Waals surface area contributed by atoms with E-state index in [1.165, 1.54) is 0 Å². The first kappa shape index (κ1) is 13.7. The second-order valence-corrected chi connectivity index (χ2v) is 5.16. The largest absolute Gasteiger partial charge is 0.497 e. The summed E-state index contributed by atoms with van der Waals surface area (Å²) in [7, 11) is 1.60. The van der Waals surface area contributed by atoms with Gasteiger partial charge >= 0.3 is 0 Å². The van der Waals surface area contributed by atoms with E-state index in [-0.39, 0.29) is 0 Å². The number of anilines is 2. The molecule has 0 aliphatic heterocycles. The van der Waals surface area contributed by atoms with Crippen molar-refractivity contribution in [3.8, 4) is 11.8 Å². The third-order valence-corrected chi connectivity index (χ3v) is 3.18. The molecule has 0 bridgehead atoms. The maximum atomic E-state index is 9.08. The molecule has 0 atom stereocenters. The Balaban J connectivity index is 2.38. The molecule has 0 aliphatic rings. The van der Waals surface area contributed by atoms with E-state index < -0.39 is 0 Å². The molecular weight excluding hydrogens is 328 g/mol. The van der Waals surface area contributed by atoms with E-state index in [1.807, 2.05) is 18.2 Å². The number of nitrogens with one attached hydrogen (secondary N) is 1. The Kier molecular flexibility index (Phi) is 4.31. The molecule has 0 saturated carbocycles. The molecule has 5 heteroatoms. The van der Waals surface area contributed by atoms with E-state index >= 15 is 0 Å². The summed E-state index contributed by atoms with van der Waals surface area (Å²) in [6.45, 7) is 0. The second kappa shape index (κ2) is 5.96. The molecular formula is C14H10BrClN2O. The molecule has 2 aromatic rings. The summed E-state index contributed by atoms with van der Waals surface area (Å²) in [5.41, 5.74) is 2.00. The van der Waals surface area contributed by atoms with Crippen LogP contribution in [-0.4, -0.2) is 7.11 Å². The minimum absolute atomic E-state index is 0.531. The maximum absolute atomic E-state index is 9.08. The van der Waals surface area contributed by atoms with Crippen LogP contribution in [0, 0.1) is 11.3 Å². The van der Waals surface area contributed by atoms with Gasteiger partial charge in [0.25, 0.3) is 0 Å². The van der Waals surface area contributed by atoms with E-state index in [1.54, 1.807) is 25.3 Å². The van der Waals surface area contributed by atoms with Gasteiger partial charge in [0.2, 0.25) is 0 Å². The number of hydrogen-bond acceptors (Lipinski definition) is 3. The zero-order chi connectivity index (χ0) is 13.8. The van der Waals surface area contributed by atoms with Gasteiger partial charge in [-0.1, -0.05) is 27.5 Å². The molecule has 3 nitrogen and oxygen atoms in total. The molecule has 0 saturated heterocycles. The molecule has 0 unspecified atom stereocenters. The predicted molar refractivity (Wildman–Crippen MR) is 80.1 cm³/mol. The lowest BCUT2D eigenvalue weighted by atomic mass is 10.2. The van der Waals surface area contributed by atoms with Crippen molar-refractivity contribution in [1.29, 1.82) is 5.26 Å². The summed E-state index contributed by atoms with van der Waals surface area (Å²) >= 11 is 9.35. The lowest BCUT2D eigenvalue weighted by molar-refractivity contribution is 0.415. The van der Waals surface area contributed by atoms with Gasteiger partial charge in [0.1, 0.15) is 11.8 Å². The van der Waals surface area contributed by atoms with Gasteiger partial charge in [-0.15, -0.1) is 0 Å². The molecule has 19 heavy (non-hydrogen) atoms. The number of methoxy groups -OCH3 is 1. The SMILES string of the molecule is COc1cc(Br)cc(Nc2cc(Cl)ccc2C#N)c1. The molecule has 2 aromatic carbocycles. The van der Waals surface area contributed by atoms with Crippen molar-refractivity contribution in [2.45, 2.75) is 0 Å². The second-order valence-electron chi connectivity index (χ2n) is 3.81. The molecule has 0 amide bonds. The zero-order valence-corrected chi connectivity index (χ0v) is 12.4. The number of rotatable bonds is 3. The highest BCUT2D eigenvalue weighted by atomic mass is 79.9. The van der Waals surface area contributed by atoms with Crippen molar-refractivity contribution < 1.29 is 4.74 Å². The Morgan fingerprint density at radius 1 is 1.26 bits per heavy atom. The Hall–Kier alpha value is -1.70. The van der Waals surface area contributed by atoms with Crippen molar-refractivity contribution in [3.05, 3.63) is 51.5 Å². The van der Waals surface area contributed by atoms with E-state index in [0.29, 0.717) is 16.3 Å². The number of ether oxygens (including phenoxy) is 1. The van der Waals surface area contributed by atoms with Crippen LogP contribution in [0.25, 0.3) is 0 Å². The lowest BCUT2D eigenvalue weighted by Crippen LogP contribution is -1.94. The summed E-state index contributed by atoms with van der Waals surface area (Å²) in [5, 5.41) is 12.8. The van der Waals surface area contributed by atoms with Crippen LogP contribution in [0.1, 0.15) is 5.56 Å². The van der Waals surface area contributed by atoms with Crippen LogP contribution in [0.4, 0.5) is 11.4 Å². The van der Waals surface area contributed by atoms with Gasteiger partial charge in [-0.05, 0) is 30.3 Å². The number of halogens is 2. The highest BCUT2D eigenvalue weighted by molar-refractivity contribution is 9.10. The Morgan fingerprint density at radius 3 is 2.74 bits per heavy atom. The number of hydrogen-bond donors (Lipinski definition) is 1. The minimum Gasteiger partial charge on any atom is -0.497 e. The summed E-state index contributed by atoms with van der Waals surface area (Å²) in [6.07, 6.45) is 0. The summed E-state index contributed by atoms with van der Waals surface area (Å²) < 4.78 is 6.08. The smallest absolute Gasteiger partial charge is 0.122 e. The Labute approximate surface area is 124 Å². The highest BCUT2D eigenvalue weighted by Gasteiger charge is 2.05. The average Bonchev–Trinajstić information content (AvgIpc) is 2.38. The first-order valence-corrected chi connectivity index (χ1v) is 6.60. The molecule has 0 aliphatic carbocycles. The van der Waals surface area contributed by atoms with Crippen molar-refractivity contribution >= 4 is 38.9 Å². The minimum atomic E-state index is 0.531. The summed E-state index contributed by atoms with van der Waals surface area (Å²) in [6, 6.07) is 12.8. The van der Waals surface area contributed by atoms with Crippen LogP contribution >= 0.6 is 27.5 Å². The van der Waals surface area contributed by atoms with Gasteiger partial charge in [-0.2, -0.15) is 5.26 Å². The molecule has 1 N–H and O–H groups in total. The van der Waals surface area contributed by atoms with E-state index in [9.17, 15) is 0 Å². The molecule has 0 spiro atoms. The number of benzene rings is 2. The third kappa shape index (κ3) is 3.40. The standard InChI is InChI=1S/C14H10BrClN2O/c1-19-13-5-10(15)4-12(7-13)18-14-6-11(16)3-2-9(14)8-17/h2-7,18H,1H3. The normalized spacial score (nSPS) is 9.79. The quantitative estimate of drug-likeness (QED) is 0.881. The molecule has 0 fully saturated rings. The maximum Gasteiger partial charge on any atom is 0.122 e. The fourth-order valence-electron chi connectivity index (χ4n) is 1.63. The Morgan fingerprint density at radius 2 is 2.05 bits per heavy atom. The predicted octanol–water partition coefficient (Wildman–Crippen LogP) is 4.73. The fraction of sp³-hybridized carbons (Fsp3) is 0.0714. The van der Waals surface area contributed by atoms with Crippen LogP contribution in [-0.2, 0) is 0 Å². The number of nitrogens with zero attached hydrogens (tertiary/aromatic N) is 1. The monoisotopic (exact) mass is 336 g/mol. The van der Waals surface area contributed by atoms with Crippen molar-refractivity contribution in [3.63, 3.8) is 0 Å². The van der Waals surface area contributed by atoms with Crippen molar-refractivity contribution in [1.82, 2.24) is 0 Å². The van der Waals surface area contributed by atoms with Gasteiger partial charge < -0.3 is 10.1 Å². The van der Waals surface area contributed by atoms with Crippen LogP contribution in [0.2, 0.25) is 5.02 Å². The first-order valence-electron chi connectivity index (χ1n) is 5.43. The Bertz CT molecular complexity index is 652. The van der Waals surface area contributed by atoms with Gasteiger partial charge in [-0.3, -0.25) is 0 Å². The molecule has 2 rings (SSSR count). The van der Waals surface area contributed by atoms with E-state index in [0.717, 1.165) is 15.9 Å². The van der Waals surface area contributed by atoms with Gasteiger partial charge in [-0.25, -0.2) is 0 Å². The molecule has 0 radical (unpaired) electrons. The van der Waals surface area contributed by atoms with Gasteiger partial charge in [0.05, 0.1) is 18.4 Å².